The third-order valence-corrected chi connectivity index (χ3v) is 3.45. The van der Waals surface area contributed by atoms with Crippen molar-refractivity contribution in [3.05, 3.63) is 40.4 Å². The van der Waals surface area contributed by atoms with Gasteiger partial charge in [-0.1, -0.05) is 13.0 Å². The van der Waals surface area contributed by atoms with Crippen LogP contribution in [0.25, 0.3) is 0 Å². The van der Waals surface area contributed by atoms with E-state index in [0.717, 1.165) is 16.6 Å². The molecule has 110 valence electrons. The molecular formula is C15H17BrN4O. The third-order valence-electron chi connectivity index (χ3n) is 2.80. The number of carbonyl (C=O) groups excluding carboxylic acids is 1. The highest BCUT2D eigenvalue weighted by molar-refractivity contribution is 9.10. The number of hydrogen-bond acceptors (Lipinski definition) is 4. The molecule has 0 spiro atoms. The second-order valence-electron chi connectivity index (χ2n) is 4.71. The van der Waals surface area contributed by atoms with Crippen molar-refractivity contribution in [1.29, 1.82) is 0 Å². The smallest absolute Gasteiger partial charge is 0.225 e. The fourth-order valence-corrected chi connectivity index (χ4v) is 2.35. The largest absolute Gasteiger partial charge is 0.338 e. The number of anilines is 3. The Labute approximate surface area is 132 Å². The standard InChI is InChI=1S/C15H17BrN4O/c1-3-4-15(21)18-14-8-7-13(19-20-14)17-12-6-5-10(2)9-11(12)16/h5-9H,3-4H2,1-2H3,(H,17,19)(H,18,20,21). The van der Waals surface area contributed by atoms with Gasteiger partial charge in [0.2, 0.25) is 5.91 Å². The monoisotopic (exact) mass is 348 g/mol. The second kappa shape index (κ2) is 7.17. The van der Waals surface area contributed by atoms with Crippen LogP contribution >= 0.6 is 15.9 Å². The van der Waals surface area contributed by atoms with Crippen molar-refractivity contribution in [3.63, 3.8) is 0 Å². The second-order valence-corrected chi connectivity index (χ2v) is 5.56. The SMILES string of the molecule is CCCC(=O)Nc1ccc(Nc2ccc(C)cc2Br)nn1. The van der Waals surface area contributed by atoms with Crippen molar-refractivity contribution in [1.82, 2.24) is 10.2 Å². The topological polar surface area (TPSA) is 66.9 Å². The van der Waals surface area contributed by atoms with Crippen LogP contribution in [-0.4, -0.2) is 16.1 Å². The lowest BCUT2D eigenvalue weighted by Crippen LogP contribution is -2.12. The first-order chi connectivity index (χ1) is 10.1. The summed E-state index contributed by atoms with van der Waals surface area (Å²) in [5, 5.41) is 13.9. The molecule has 5 nitrogen and oxygen atoms in total. The summed E-state index contributed by atoms with van der Waals surface area (Å²) >= 11 is 3.50. The zero-order valence-electron chi connectivity index (χ0n) is 12.0. The predicted octanol–water partition coefficient (Wildman–Crippen LogP) is 4.03. The zero-order valence-corrected chi connectivity index (χ0v) is 13.6. The lowest BCUT2D eigenvalue weighted by Gasteiger charge is -2.08. The van der Waals surface area contributed by atoms with Gasteiger partial charge in [-0.05, 0) is 59.1 Å². The molecule has 0 aliphatic heterocycles. The van der Waals surface area contributed by atoms with Crippen molar-refractivity contribution in [3.8, 4) is 0 Å². The molecule has 21 heavy (non-hydrogen) atoms. The van der Waals surface area contributed by atoms with Gasteiger partial charge in [0.25, 0.3) is 0 Å². The van der Waals surface area contributed by atoms with Gasteiger partial charge in [0.15, 0.2) is 11.6 Å². The van der Waals surface area contributed by atoms with Crippen LogP contribution in [0.5, 0.6) is 0 Å². The van der Waals surface area contributed by atoms with Gasteiger partial charge in [0.1, 0.15) is 0 Å². The Morgan fingerprint density at radius 2 is 1.90 bits per heavy atom. The minimum Gasteiger partial charge on any atom is -0.338 e. The molecule has 0 bridgehead atoms. The van der Waals surface area contributed by atoms with Crippen molar-refractivity contribution in [2.75, 3.05) is 10.6 Å². The van der Waals surface area contributed by atoms with Crippen molar-refractivity contribution >= 4 is 39.2 Å². The molecule has 0 unspecified atom stereocenters. The summed E-state index contributed by atoms with van der Waals surface area (Å²) in [5.41, 5.74) is 2.09. The first-order valence-electron chi connectivity index (χ1n) is 6.75. The quantitative estimate of drug-likeness (QED) is 0.855. The highest BCUT2D eigenvalue weighted by Crippen LogP contribution is 2.26. The summed E-state index contributed by atoms with van der Waals surface area (Å²) in [6.45, 7) is 3.99. The molecule has 2 aromatic rings. The summed E-state index contributed by atoms with van der Waals surface area (Å²) in [5.74, 6) is 1.03. The summed E-state index contributed by atoms with van der Waals surface area (Å²) < 4.78 is 0.963. The van der Waals surface area contributed by atoms with Crippen LogP contribution in [-0.2, 0) is 4.79 Å². The van der Waals surface area contributed by atoms with E-state index in [4.69, 9.17) is 0 Å². The van der Waals surface area contributed by atoms with Crippen LogP contribution in [0.3, 0.4) is 0 Å². The van der Waals surface area contributed by atoms with Gasteiger partial charge < -0.3 is 10.6 Å². The van der Waals surface area contributed by atoms with Gasteiger partial charge in [0, 0.05) is 10.9 Å². The van der Waals surface area contributed by atoms with Crippen LogP contribution in [0.1, 0.15) is 25.3 Å². The van der Waals surface area contributed by atoms with Crippen LogP contribution < -0.4 is 10.6 Å². The molecule has 0 atom stereocenters. The third kappa shape index (κ3) is 4.53. The van der Waals surface area contributed by atoms with E-state index >= 15 is 0 Å². The molecule has 1 aromatic carbocycles. The maximum absolute atomic E-state index is 11.5. The maximum Gasteiger partial charge on any atom is 0.225 e. The highest BCUT2D eigenvalue weighted by atomic mass is 79.9. The van der Waals surface area contributed by atoms with E-state index in [1.807, 2.05) is 32.0 Å². The predicted molar refractivity (Wildman–Crippen MR) is 87.7 cm³/mol. The molecule has 1 amide bonds. The summed E-state index contributed by atoms with van der Waals surface area (Å²) in [6.07, 6.45) is 1.29. The van der Waals surface area contributed by atoms with E-state index in [-0.39, 0.29) is 5.91 Å². The minimum absolute atomic E-state index is 0.0474. The molecule has 1 heterocycles. The number of halogens is 1. The number of nitrogens with zero attached hydrogens (tertiary/aromatic N) is 2. The Morgan fingerprint density at radius 3 is 2.52 bits per heavy atom. The lowest BCUT2D eigenvalue weighted by atomic mass is 10.2. The van der Waals surface area contributed by atoms with Crippen LogP contribution in [0.2, 0.25) is 0 Å². The molecule has 6 heteroatoms. The number of benzene rings is 1. The van der Waals surface area contributed by atoms with E-state index in [0.29, 0.717) is 18.1 Å². The Morgan fingerprint density at radius 1 is 1.19 bits per heavy atom. The number of aromatic nitrogens is 2. The van der Waals surface area contributed by atoms with E-state index in [1.165, 1.54) is 5.56 Å². The molecule has 2 rings (SSSR count). The number of carbonyl (C=O) groups is 1. The maximum atomic E-state index is 11.5. The fourth-order valence-electron chi connectivity index (χ4n) is 1.76. The van der Waals surface area contributed by atoms with Crippen molar-refractivity contribution in [2.24, 2.45) is 0 Å². The van der Waals surface area contributed by atoms with Gasteiger partial charge >= 0.3 is 0 Å². The molecule has 0 radical (unpaired) electrons. The number of amides is 1. The number of hydrogen-bond donors (Lipinski definition) is 2. The lowest BCUT2D eigenvalue weighted by molar-refractivity contribution is -0.116. The summed E-state index contributed by atoms with van der Waals surface area (Å²) in [7, 11) is 0. The van der Waals surface area contributed by atoms with Crippen LogP contribution in [0.4, 0.5) is 17.3 Å². The number of nitrogens with one attached hydrogen (secondary N) is 2. The molecule has 0 saturated heterocycles. The minimum atomic E-state index is -0.0474. The Bertz CT molecular complexity index is 628. The fraction of sp³-hybridized carbons (Fsp3) is 0.267. The average Bonchev–Trinajstić information content (AvgIpc) is 2.44. The molecule has 0 aliphatic rings. The molecule has 0 saturated carbocycles. The van der Waals surface area contributed by atoms with Gasteiger partial charge in [-0.3, -0.25) is 4.79 Å². The summed E-state index contributed by atoms with van der Waals surface area (Å²) in [6, 6.07) is 9.51. The van der Waals surface area contributed by atoms with Crippen LogP contribution in [0, 0.1) is 6.92 Å². The first-order valence-corrected chi connectivity index (χ1v) is 7.54. The molecular weight excluding hydrogens is 332 g/mol. The summed E-state index contributed by atoms with van der Waals surface area (Å²) in [4.78, 5) is 11.5. The van der Waals surface area contributed by atoms with Crippen molar-refractivity contribution < 1.29 is 4.79 Å². The average molecular weight is 349 g/mol. The van der Waals surface area contributed by atoms with E-state index in [1.54, 1.807) is 12.1 Å². The molecule has 2 N–H and O–H groups in total. The van der Waals surface area contributed by atoms with E-state index in [2.05, 4.69) is 36.8 Å². The van der Waals surface area contributed by atoms with Gasteiger partial charge in [-0.2, -0.15) is 0 Å². The molecule has 0 fully saturated rings. The highest BCUT2D eigenvalue weighted by Gasteiger charge is 2.04. The van der Waals surface area contributed by atoms with E-state index in [9.17, 15) is 4.79 Å². The van der Waals surface area contributed by atoms with Gasteiger partial charge in [-0.15, -0.1) is 10.2 Å². The van der Waals surface area contributed by atoms with E-state index < -0.39 is 0 Å². The first kappa shape index (κ1) is 15.4. The van der Waals surface area contributed by atoms with Crippen LogP contribution in [0.15, 0.2) is 34.8 Å². The number of aryl methyl sites for hydroxylation is 1. The normalized spacial score (nSPS) is 10.2. The van der Waals surface area contributed by atoms with Gasteiger partial charge in [0.05, 0.1) is 5.69 Å². The molecule has 1 aromatic heterocycles. The Kier molecular flexibility index (Phi) is 5.27. The number of rotatable bonds is 5. The van der Waals surface area contributed by atoms with Gasteiger partial charge in [-0.25, -0.2) is 0 Å². The zero-order chi connectivity index (χ0) is 15.2. The van der Waals surface area contributed by atoms with Crippen molar-refractivity contribution in [2.45, 2.75) is 26.7 Å². The Balaban J connectivity index is 2.03. The molecule has 0 aliphatic carbocycles. The Hall–Kier alpha value is -1.95.